The predicted molar refractivity (Wildman–Crippen MR) is 66.5 cm³/mol. The van der Waals surface area contributed by atoms with Crippen LogP contribution in [0, 0.1) is 0 Å². The van der Waals surface area contributed by atoms with E-state index in [1.165, 1.54) is 0 Å². The molecule has 0 spiro atoms. The lowest BCUT2D eigenvalue weighted by atomic mass is 10.3. The second-order valence-electron chi connectivity index (χ2n) is 3.35. The van der Waals surface area contributed by atoms with Gasteiger partial charge in [0.2, 0.25) is 0 Å². The van der Waals surface area contributed by atoms with Gasteiger partial charge in [-0.2, -0.15) is 0 Å². The summed E-state index contributed by atoms with van der Waals surface area (Å²) < 4.78 is 0. The van der Waals surface area contributed by atoms with Gasteiger partial charge >= 0.3 is 0 Å². The quantitative estimate of drug-likeness (QED) is 0.598. The van der Waals surface area contributed by atoms with Crippen molar-refractivity contribution in [3.63, 3.8) is 0 Å². The number of hydrogen-bond donors (Lipinski definition) is 2. The highest BCUT2D eigenvalue weighted by Gasteiger charge is 1.95. The first-order valence-electron chi connectivity index (χ1n) is 4.73. The monoisotopic (exact) mass is 221 g/mol. The first-order valence-corrected chi connectivity index (χ1v) is 5.14. The van der Waals surface area contributed by atoms with E-state index in [1.807, 2.05) is 25.3 Å². The summed E-state index contributed by atoms with van der Waals surface area (Å²) in [4.78, 5) is 4.02. The standard InChI is InChI=1S/C11H15N3S/c1-9(2)6-13-11(15)14-8-10-4-3-5-12-7-10/h3-5,7H,1,6,8H2,2H3,(H2,13,14,15). The fraction of sp³-hybridized carbons (Fsp3) is 0.273. The number of nitrogens with zero attached hydrogens (tertiary/aromatic N) is 1. The third-order valence-corrected chi connectivity index (χ3v) is 2.02. The normalized spacial score (nSPS) is 9.40. The molecule has 0 saturated carbocycles. The molecule has 0 aromatic carbocycles. The molecule has 1 aromatic rings. The van der Waals surface area contributed by atoms with Crippen molar-refractivity contribution in [2.24, 2.45) is 0 Å². The van der Waals surface area contributed by atoms with E-state index < -0.39 is 0 Å². The van der Waals surface area contributed by atoms with Crippen LogP contribution in [0.5, 0.6) is 0 Å². The van der Waals surface area contributed by atoms with Gasteiger partial charge in [-0.1, -0.05) is 18.2 Å². The topological polar surface area (TPSA) is 37.0 Å². The Morgan fingerprint density at radius 2 is 2.33 bits per heavy atom. The van der Waals surface area contributed by atoms with Crippen molar-refractivity contribution in [3.05, 3.63) is 42.2 Å². The van der Waals surface area contributed by atoms with Crippen LogP contribution in [0.4, 0.5) is 0 Å². The Balaban J connectivity index is 2.26. The van der Waals surface area contributed by atoms with E-state index in [4.69, 9.17) is 12.2 Å². The molecule has 0 aliphatic carbocycles. The minimum atomic E-state index is 0.641. The maximum Gasteiger partial charge on any atom is 0.166 e. The van der Waals surface area contributed by atoms with Gasteiger partial charge in [0.15, 0.2) is 5.11 Å². The minimum absolute atomic E-state index is 0.641. The number of aromatic nitrogens is 1. The Bertz CT molecular complexity index is 335. The van der Waals surface area contributed by atoms with E-state index in [2.05, 4.69) is 22.2 Å². The molecule has 15 heavy (non-hydrogen) atoms. The number of hydrogen-bond acceptors (Lipinski definition) is 2. The maximum atomic E-state index is 5.09. The zero-order valence-corrected chi connectivity index (χ0v) is 9.60. The molecule has 0 amide bonds. The summed E-state index contributed by atoms with van der Waals surface area (Å²) in [5.74, 6) is 0. The van der Waals surface area contributed by atoms with Crippen LogP contribution in [-0.4, -0.2) is 16.6 Å². The molecule has 0 aliphatic heterocycles. The lowest BCUT2D eigenvalue weighted by Crippen LogP contribution is -2.35. The number of thiocarbonyl (C=S) groups is 1. The van der Waals surface area contributed by atoms with E-state index in [-0.39, 0.29) is 0 Å². The van der Waals surface area contributed by atoms with Crippen molar-refractivity contribution in [1.29, 1.82) is 0 Å². The number of pyridine rings is 1. The Labute approximate surface area is 95.6 Å². The molecule has 1 heterocycles. The average Bonchev–Trinajstić information content (AvgIpc) is 2.25. The number of nitrogens with one attached hydrogen (secondary N) is 2. The first kappa shape index (κ1) is 11.7. The van der Waals surface area contributed by atoms with Crippen molar-refractivity contribution in [1.82, 2.24) is 15.6 Å². The zero-order chi connectivity index (χ0) is 11.1. The Kier molecular flexibility index (Phi) is 4.77. The highest BCUT2D eigenvalue weighted by Crippen LogP contribution is 1.93. The van der Waals surface area contributed by atoms with Crippen LogP contribution >= 0.6 is 12.2 Å². The summed E-state index contributed by atoms with van der Waals surface area (Å²) in [6, 6.07) is 3.91. The predicted octanol–water partition coefficient (Wildman–Crippen LogP) is 1.62. The highest BCUT2D eigenvalue weighted by molar-refractivity contribution is 7.80. The maximum absolute atomic E-state index is 5.09. The second-order valence-corrected chi connectivity index (χ2v) is 3.76. The Hall–Kier alpha value is -1.42. The molecular formula is C11H15N3S. The summed E-state index contributed by atoms with van der Waals surface area (Å²) >= 11 is 5.09. The molecule has 0 aliphatic rings. The Morgan fingerprint density at radius 3 is 2.93 bits per heavy atom. The van der Waals surface area contributed by atoms with E-state index in [1.54, 1.807) is 6.20 Å². The largest absolute Gasteiger partial charge is 0.359 e. The lowest BCUT2D eigenvalue weighted by Gasteiger charge is -2.09. The van der Waals surface area contributed by atoms with Gasteiger partial charge in [-0.15, -0.1) is 0 Å². The van der Waals surface area contributed by atoms with Gasteiger partial charge in [0.05, 0.1) is 0 Å². The molecule has 0 unspecified atom stereocenters. The van der Waals surface area contributed by atoms with Crippen LogP contribution in [0.1, 0.15) is 12.5 Å². The fourth-order valence-corrected chi connectivity index (χ4v) is 1.12. The van der Waals surface area contributed by atoms with Crippen molar-refractivity contribution >= 4 is 17.3 Å². The van der Waals surface area contributed by atoms with Crippen molar-refractivity contribution in [2.45, 2.75) is 13.5 Å². The number of rotatable bonds is 4. The first-order chi connectivity index (χ1) is 7.18. The van der Waals surface area contributed by atoms with Crippen LogP contribution < -0.4 is 10.6 Å². The Morgan fingerprint density at radius 1 is 1.53 bits per heavy atom. The smallest absolute Gasteiger partial charge is 0.166 e. The minimum Gasteiger partial charge on any atom is -0.359 e. The second kappa shape index (κ2) is 6.14. The van der Waals surface area contributed by atoms with Gasteiger partial charge in [-0.05, 0) is 30.8 Å². The lowest BCUT2D eigenvalue weighted by molar-refractivity contribution is 0.857. The zero-order valence-electron chi connectivity index (χ0n) is 8.79. The van der Waals surface area contributed by atoms with Gasteiger partial charge in [0, 0.05) is 25.5 Å². The van der Waals surface area contributed by atoms with Crippen molar-refractivity contribution in [3.8, 4) is 0 Å². The fourth-order valence-electron chi connectivity index (χ4n) is 0.979. The van der Waals surface area contributed by atoms with E-state index in [0.29, 0.717) is 18.2 Å². The van der Waals surface area contributed by atoms with Crippen LogP contribution in [0.25, 0.3) is 0 Å². The molecule has 2 N–H and O–H groups in total. The van der Waals surface area contributed by atoms with Gasteiger partial charge < -0.3 is 10.6 Å². The summed E-state index contributed by atoms with van der Waals surface area (Å²) in [6.07, 6.45) is 3.56. The molecule has 0 fully saturated rings. The van der Waals surface area contributed by atoms with Gasteiger partial charge in [0.25, 0.3) is 0 Å². The molecule has 4 heteroatoms. The van der Waals surface area contributed by atoms with Crippen LogP contribution in [0.3, 0.4) is 0 Å². The highest BCUT2D eigenvalue weighted by atomic mass is 32.1. The average molecular weight is 221 g/mol. The molecule has 3 nitrogen and oxygen atoms in total. The van der Waals surface area contributed by atoms with E-state index >= 15 is 0 Å². The molecule has 1 aromatic heterocycles. The summed E-state index contributed by atoms with van der Waals surface area (Å²) in [7, 11) is 0. The summed E-state index contributed by atoms with van der Waals surface area (Å²) in [6.45, 7) is 7.14. The van der Waals surface area contributed by atoms with Crippen molar-refractivity contribution in [2.75, 3.05) is 6.54 Å². The van der Waals surface area contributed by atoms with Crippen LogP contribution in [0.15, 0.2) is 36.7 Å². The third kappa shape index (κ3) is 5.12. The third-order valence-electron chi connectivity index (χ3n) is 1.73. The SMILES string of the molecule is C=C(C)CNC(=S)NCc1cccnc1. The van der Waals surface area contributed by atoms with Crippen LogP contribution in [-0.2, 0) is 6.54 Å². The summed E-state index contributed by atoms with van der Waals surface area (Å²) in [5, 5.41) is 6.79. The summed E-state index contributed by atoms with van der Waals surface area (Å²) in [5.41, 5.74) is 2.16. The molecule has 0 saturated heterocycles. The van der Waals surface area contributed by atoms with Crippen molar-refractivity contribution < 1.29 is 0 Å². The molecule has 80 valence electrons. The van der Waals surface area contributed by atoms with E-state index in [9.17, 15) is 0 Å². The van der Waals surface area contributed by atoms with Gasteiger partial charge in [-0.3, -0.25) is 4.98 Å². The molecule has 0 radical (unpaired) electrons. The molecule has 0 bridgehead atoms. The molecular weight excluding hydrogens is 206 g/mol. The molecule has 0 atom stereocenters. The van der Waals surface area contributed by atoms with E-state index in [0.717, 1.165) is 11.1 Å². The van der Waals surface area contributed by atoms with Gasteiger partial charge in [0.1, 0.15) is 0 Å². The van der Waals surface area contributed by atoms with Gasteiger partial charge in [-0.25, -0.2) is 0 Å². The van der Waals surface area contributed by atoms with Crippen LogP contribution in [0.2, 0.25) is 0 Å². The molecule has 1 rings (SSSR count).